The van der Waals surface area contributed by atoms with Crippen LogP contribution >= 0.6 is 0 Å². The maximum Gasteiger partial charge on any atom is 0.231 e. The summed E-state index contributed by atoms with van der Waals surface area (Å²) < 4.78 is 0. The normalized spacial score (nSPS) is 25.6. The third-order valence-corrected chi connectivity index (χ3v) is 17.5. The van der Waals surface area contributed by atoms with E-state index in [-0.39, 0.29) is 17.7 Å². The molecule has 18 rings (SSSR count). The van der Waals surface area contributed by atoms with Crippen molar-refractivity contribution in [2.75, 3.05) is 53.4 Å². The number of hydrogen-bond acceptors (Lipinski definition) is 5. The fraction of sp³-hybridized carbons (Fsp3) is 0.250. The third-order valence-electron chi connectivity index (χ3n) is 17.5. The Morgan fingerprint density at radius 1 is 0.466 bits per heavy atom. The van der Waals surface area contributed by atoms with Crippen LogP contribution in [0.4, 0.5) is 0 Å². The number of aliphatic hydroxyl groups excluding tert-OH is 1. The largest absolute Gasteiger partial charge is 0.377 e. The number of benzene rings is 9. The maximum absolute atomic E-state index is 15.4. The number of nitrogens with one attached hydrogen (secondary N) is 2. The van der Waals surface area contributed by atoms with Crippen molar-refractivity contribution in [2.24, 2.45) is 5.41 Å². The number of hydrogen-bond donors (Lipinski definition) is 3. The predicted molar refractivity (Wildman–Crippen MR) is 240 cm³/mol. The van der Waals surface area contributed by atoms with E-state index in [4.69, 9.17) is 0 Å². The monoisotopic (exact) mass is 746 g/mol. The Labute approximate surface area is 328 Å². The maximum atomic E-state index is 15.4. The van der Waals surface area contributed by atoms with Crippen LogP contribution in [0.3, 0.4) is 0 Å². The van der Waals surface area contributed by atoms with Gasteiger partial charge in [0.25, 0.3) is 0 Å². The molecule has 3 aliphatic rings. The summed E-state index contributed by atoms with van der Waals surface area (Å²) in [5.41, 5.74) is 1.57. The van der Waals surface area contributed by atoms with Gasteiger partial charge >= 0.3 is 0 Å². The van der Waals surface area contributed by atoms with Gasteiger partial charge in [0.2, 0.25) is 5.91 Å². The van der Waals surface area contributed by atoms with Crippen molar-refractivity contribution < 1.29 is 9.90 Å². The molecule has 2 unspecified atom stereocenters. The van der Waals surface area contributed by atoms with Crippen molar-refractivity contribution in [1.29, 1.82) is 0 Å². The van der Waals surface area contributed by atoms with Gasteiger partial charge in [0.15, 0.2) is 0 Å². The molecule has 0 aromatic heterocycles. The van der Waals surface area contributed by atoms with E-state index in [2.05, 4.69) is 83.1 Å². The molecule has 1 heterocycles. The molecule has 58 heavy (non-hydrogen) atoms. The second-order valence-electron chi connectivity index (χ2n) is 19.4. The Morgan fingerprint density at radius 2 is 0.793 bits per heavy atom. The summed E-state index contributed by atoms with van der Waals surface area (Å²) in [6.45, 7) is 4.77. The number of carbonyl (C=O) groups is 1. The van der Waals surface area contributed by atoms with Gasteiger partial charge in [-0.05, 0) is 196 Å². The first kappa shape index (κ1) is 28.7. The number of aliphatic hydroxyl groups is 1. The van der Waals surface area contributed by atoms with E-state index in [1.807, 2.05) is 0 Å². The van der Waals surface area contributed by atoms with Crippen LogP contribution < -0.4 is 10.6 Å². The van der Waals surface area contributed by atoms with E-state index in [1.54, 1.807) is 0 Å². The number of amides is 1. The molecule has 6 heteroatoms. The Hall–Kier alpha value is -5.63. The summed E-state index contributed by atoms with van der Waals surface area (Å²) in [4.78, 5) is 20.1. The zero-order valence-electron chi connectivity index (χ0n) is 32.1. The lowest BCUT2D eigenvalue weighted by atomic mass is 9.88. The fourth-order valence-electron chi connectivity index (χ4n) is 15.6. The minimum absolute atomic E-state index is 0.0107. The van der Waals surface area contributed by atoms with E-state index in [0.717, 1.165) is 32.6 Å². The van der Waals surface area contributed by atoms with Crippen LogP contribution in [0.25, 0.3) is 151 Å². The first-order valence-electron chi connectivity index (χ1n) is 21.5. The molecule has 274 valence electrons. The summed E-state index contributed by atoms with van der Waals surface area (Å²) >= 11 is 0. The van der Waals surface area contributed by atoms with E-state index in [1.165, 1.54) is 162 Å². The molecule has 15 aromatic rings. The smallest absolute Gasteiger partial charge is 0.231 e. The summed E-state index contributed by atoms with van der Waals surface area (Å²) in [5.74, 6) is -0.311. The molecule has 2 fully saturated rings. The Balaban J connectivity index is 1.09. The quantitative estimate of drug-likeness (QED) is 0.135. The number of rotatable bonds is 0. The van der Waals surface area contributed by atoms with Crippen molar-refractivity contribution in [3.63, 3.8) is 0 Å². The van der Waals surface area contributed by atoms with Crippen molar-refractivity contribution in [3.8, 4) is 0 Å². The van der Waals surface area contributed by atoms with Crippen molar-refractivity contribution in [2.45, 2.75) is 24.5 Å². The lowest BCUT2D eigenvalue weighted by Gasteiger charge is -2.28. The van der Waals surface area contributed by atoms with Gasteiger partial charge in [0, 0.05) is 38.0 Å². The molecule has 15 aromatic carbocycles. The van der Waals surface area contributed by atoms with Crippen LogP contribution in [-0.4, -0.2) is 80.4 Å². The van der Waals surface area contributed by atoms with E-state index < -0.39 is 11.6 Å². The predicted octanol–water partition coefficient (Wildman–Crippen LogP) is 9.56. The first-order chi connectivity index (χ1) is 28.5. The highest BCUT2D eigenvalue weighted by Gasteiger charge is 2.76. The van der Waals surface area contributed by atoms with Gasteiger partial charge in [0.1, 0.15) is 11.6 Å². The van der Waals surface area contributed by atoms with Crippen LogP contribution in [0.1, 0.15) is 29.4 Å². The summed E-state index contributed by atoms with van der Waals surface area (Å²) in [6.07, 6.45) is 0.0695. The summed E-state index contributed by atoms with van der Waals surface area (Å²) in [6, 6.07) is 19.4. The summed E-state index contributed by atoms with van der Waals surface area (Å²) in [5, 5.41) is 59.5. The van der Waals surface area contributed by atoms with Crippen LogP contribution in [0.2, 0.25) is 0 Å². The Kier molecular flexibility index (Phi) is 4.11. The van der Waals surface area contributed by atoms with Crippen LogP contribution in [-0.2, 0) is 4.79 Å². The third kappa shape index (κ3) is 2.40. The Morgan fingerprint density at radius 3 is 1.21 bits per heavy atom. The van der Waals surface area contributed by atoms with Gasteiger partial charge in [-0.15, -0.1) is 0 Å². The van der Waals surface area contributed by atoms with Crippen LogP contribution in [0.15, 0.2) is 48.5 Å². The number of likely N-dealkylation sites (N-methyl/N-ethyl adjacent to an activating group) is 2. The van der Waals surface area contributed by atoms with Crippen LogP contribution in [0, 0.1) is 5.41 Å². The lowest BCUT2D eigenvalue weighted by molar-refractivity contribution is -0.132. The van der Waals surface area contributed by atoms with Crippen molar-refractivity contribution in [1.82, 2.24) is 20.4 Å². The van der Waals surface area contributed by atoms with Crippen molar-refractivity contribution >= 4 is 157 Å². The molecular weight excluding hydrogens is 713 g/mol. The molecule has 6 nitrogen and oxygen atoms in total. The molecule has 0 radical (unpaired) electrons. The van der Waals surface area contributed by atoms with E-state index in [9.17, 15) is 5.11 Å². The second-order valence-corrected chi connectivity index (χ2v) is 19.4. The molecule has 1 amide bonds. The highest BCUT2D eigenvalue weighted by Crippen LogP contribution is 2.80. The summed E-state index contributed by atoms with van der Waals surface area (Å²) in [7, 11) is 4.33. The average molecular weight is 747 g/mol. The molecule has 1 spiro atoms. The van der Waals surface area contributed by atoms with Gasteiger partial charge in [-0.2, -0.15) is 0 Å². The van der Waals surface area contributed by atoms with Crippen molar-refractivity contribution in [3.05, 3.63) is 59.7 Å². The highest BCUT2D eigenvalue weighted by atomic mass is 16.3. The topological polar surface area (TPSA) is 67.8 Å². The van der Waals surface area contributed by atoms with Gasteiger partial charge in [-0.25, -0.2) is 0 Å². The lowest BCUT2D eigenvalue weighted by Crippen LogP contribution is -2.50. The molecule has 1 saturated carbocycles. The number of fused-ring (bicyclic) bond motifs is 10. The molecule has 2 aliphatic carbocycles. The van der Waals surface area contributed by atoms with Gasteiger partial charge < -0.3 is 20.2 Å². The molecule has 1 saturated heterocycles. The SMILES string of the molecule is CN1CCCN(C)CCN[C@@H](O)C2(C(=O)NCC1)C1c3c4ccc5c6ccc7c8ccc9c%10ccc%11c(c%12c3c3c4c5c4c6c7c5c8c9c6c%10c%11c%12c7c3c4c5c67)C12. The van der Waals surface area contributed by atoms with Gasteiger partial charge in [0.05, 0.1) is 0 Å². The van der Waals surface area contributed by atoms with Gasteiger partial charge in [-0.3, -0.25) is 10.1 Å². The standard InChI is InChI=1S/C52H34N4O2/c1-55-14-3-15-56(2)17-13-54-51(58)52(50(57)53-12-16-55)48-34-24-10-8-22-20-6-4-18-19-5-7-21-23-9-11-25-33-31(23)38-29(21)27(19)36-26(18)28(20)37-30(22)32(24)39-41(34)42(35(25)49(48)52)40(33)47-45(38)43(36)44(37)46(39)47/h4-11,48-50,53,57H,3,12-17H2,1-2H3,(H,54,58)/t48?,49?,50-,52?/m0/s1. The highest BCUT2D eigenvalue weighted by molar-refractivity contribution is 6.69. The minimum atomic E-state index is -1.05. The zero-order valence-corrected chi connectivity index (χ0v) is 32.1. The average Bonchev–Trinajstić information content (AvgIpc) is 3.80. The fourth-order valence-corrected chi connectivity index (χ4v) is 15.6. The van der Waals surface area contributed by atoms with E-state index >= 15 is 4.79 Å². The Bertz CT molecular complexity index is 3980. The number of nitrogens with zero attached hydrogens (tertiary/aromatic N) is 2. The van der Waals surface area contributed by atoms with Crippen LogP contribution in [0.5, 0.6) is 0 Å². The molecule has 3 N–H and O–H groups in total. The minimum Gasteiger partial charge on any atom is -0.377 e. The van der Waals surface area contributed by atoms with Gasteiger partial charge in [-0.1, -0.05) is 48.5 Å². The molecule has 3 atom stereocenters. The zero-order chi connectivity index (χ0) is 37.3. The molecular formula is C52H34N4O2. The first-order valence-corrected chi connectivity index (χ1v) is 21.5. The van der Waals surface area contributed by atoms with E-state index in [0.29, 0.717) is 13.1 Å². The second kappa shape index (κ2) is 8.29. The number of carbonyl (C=O) groups excluding carboxylic acids is 1. The molecule has 0 bridgehead atoms. The molecule has 1 aliphatic heterocycles.